The molecule has 4 fully saturated rings. The number of aldehydes is 1. The SMILES string of the molecule is CC(C)OC(=O)N1CC2(C1)C(=O)N(Cc1nc3c(n1CCCC(F)F)CCCC3)c1ccccc12.CC(C)OC(=O)N1CC2(C1)C(=O)N(Cc1nc3c(n1CCCC(F)F)CCCC3)c1ccccc12.CC(C)OC(=O)N1CC2(C1)C(=O)N(Cc1nc3c(n1CCCC=O)CCCC3)c1ccccc12.CC(C)OC(=O)N1CC2(C1)C(=O)N(Cc1nc3c(n1CCCCO)CCCC3)c1ccccc12. The molecule has 34 heteroatoms. The number of ether oxygens (including phenoxy) is 4. The van der Waals surface area contributed by atoms with E-state index in [2.05, 4.69) is 18.3 Å². The van der Waals surface area contributed by atoms with E-state index in [9.17, 15) is 65.8 Å². The van der Waals surface area contributed by atoms with Crippen LogP contribution >= 0.6 is 0 Å². The van der Waals surface area contributed by atoms with Gasteiger partial charge >= 0.3 is 24.4 Å². The minimum absolute atomic E-state index is 0.0164. The Hall–Kier alpha value is -12.0. The topological polar surface area (TPSA) is 308 Å². The highest BCUT2D eigenvalue weighted by Crippen LogP contribution is 2.53. The molecule has 12 aliphatic rings. The highest BCUT2D eigenvalue weighted by atomic mass is 19.3. The van der Waals surface area contributed by atoms with E-state index in [1.54, 1.807) is 57.1 Å². The van der Waals surface area contributed by atoms with Crippen molar-refractivity contribution in [3.8, 4) is 0 Å². The molecular weight excluding hydrogens is 1770 g/mol. The molecule has 0 unspecified atom stereocenters. The van der Waals surface area contributed by atoms with E-state index in [0.29, 0.717) is 71.6 Å². The standard InChI is InChI=1S/2C26H32F2N4O3.C26H34N4O4.C26H32N4O4/c2*1-17(2)35-25(34)30-15-26(16-30)18-8-3-5-10-20(18)32(24(26)33)14-23-29-19-9-4-6-11-21(19)31(23)13-7-12-22(27)28;2*1-18(2)34-25(33)28-16-26(17-28)19-9-3-5-11-21(19)30(24(26)32)15-23-27-20-10-4-6-12-22(20)29(23)13-7-8-14-31/h2*3,5,8,10,17,22H,4,6-7,9,11-16H2,1-2H3;3,5,9,11,18,31H,4,6-8,10,12-17H2,1-2H3;3,5,9,11,14,18H,4,6-8,10,12-13,15-17H2,1-2H3. The Morgan fingerprint density at radius 3 is 0.812 bits per heavy atom. The Bertz CT molecular complexity index is 5680. The third-order valence-corrected chi connectivity index (χ3v) is 29.1. The molecule has 0 atom stereocenters. The molecule has 20 rings (SSSR count). The van der Waals surface area contributed by atoms with Gasteiger partial charge in [-0.3, -0.25) is 19.2 Å². The van der Waals surface area contributed by atoms with E-state index >= 15 is 0 Å². The number of alkyl halides is 4. The molecule has 8 amide bonds. The first kappa shape index (κ1) is 97.7. The maximum atomic E-state index is 13.9. The maximum absolute atomic E-state index is 13.9. The number of hydrogen-bond donors (Lipinski definition) is 1. The van der Waals surface area contributed by atoms with Gasteiger partial charge in [-0.25, -0.2) is 56.7 Å². The van der Waals surface area contributed by atoms with Crippen molar-refractivity contribution in [2.24, 2.45) is 0 Å². The predicted molar refractivity (Wildman–Crippen MR) is 508 cm³/mol. The number of carbonyl (C=O) groups excluding carboxylic acids is 9. The number of fused-ring (bicyclic) bond motifs is 12. The summed E-state index contributed by atoms with van der Waals surface area (Å²) in [4.78, 5) is 149. The van der Waals surface area contributed by atoms with Crippen LogP contribution in [0.2, 0.25) is 0 Å². The van der Waals surface area contributed by atoms with Gasteiger partial charge in [0.2, 0.25) is 36.5 Å². The Kier molecular flexibility index (Phi) is 29.2. The number of anilines is 4. The van der Waals surface area contributed by atoms with Crippen molar-refractivity contribution in [1.82, 2.24) is 57.8 Å². The van der Waals surface area contributed by atoms with Crippen LogP contribution in [0.3, 0.4) is 0 Å². The first-order valence-corrected chi connectivity index (χ1v) is 49.9. The number of aromatic nitrogens is 8. The molecule has 4 aromatic heterocycles. The lowest BCUT2D eigenvalue weighted by Crippen LogP contribution is -2.65. The van der Waals surface area contributed by atoms with E-state index in [-0.39, 0.29) is 119 Å². The van der Waals surface area contributed by atoms with Crippen molar-refractivity contribution in [2.45, 2.75) is 321 Å². The monoisotopic (exact) mass is 1900 g/mol. The first-order chi connectivity index (χ1) is 66.5. The third-order valence-electron chi connectivity index (χ3n) is 29.1. The van der Waals surface area contributed by atoms with E-state index < -0.39 is 46.7 Å². The molecule has 4 aliphatic carbocycles. The van der Waals surface area contributed by atoms with Gasteiger partial charge in [0.05, 0.1) is 73.4 Å². The fourth-order valence-corrected chi connectivity index (χ4v) is 22.5. The highest BCUT2D eigenvalue weighted by molar-refractivity contribution is 6.13. The van der Waals surface area contributed by atoms with Crippen molar-refractivity contribution < 1.29 is 84.8 Å². The molecule has 1 N–H and O–H groups in total. The second kappa shape index (κ2) is 41.2. The molecule has 4 saturated heterocycles. The number of aliphatic hydroxyl groups excluding tert-OH is 1. The number of aryl methyl sites for hydroxylation is 4. The zero-order chi connectivity index (χ0) is 97.2. The maximum Gasteiger partial charge on any atom is 0.410 e. The van der Waals surface area contributed by atoms with E-state index in [1.165, 1.54) is 11.4 Å². The highest BCUT2D eigenvalue weighted by Gasteiger charge is 2.64. The van der Waals surface area contributed by atoms with Gasteiger partial charge in [-0.2, -0.15) is 0 Å². The van der Waals surface area contributed by atoms with Crippen molar-refractivity contribution >= 4 is 77.0 Å². The summed E-state index contributed by atoms with van der Waals surface area (Å²) in [5.41, 5.74) is 13.4. The van der Waals surface area contributed by atoms with Gasteiger partial charge in [-0.05, 0) is 237 Å². The average molecular weight is 1900 g/mol. The summed E-state index contributed by atoms with van der Waals surface area (Å²) in [5, 5.41) is 9.26. The average Bonchev–Trinajstić information content (AvgIpc) is 1.56. The van der Waals surface area contributed by atoms with E-state index in [1.807, 2.05) is 135 Å². The number of nitrogens with zero attached hydrogens (tertiary/aromatic N) is 16. The van der Waals surface area contributed by atoms with Gasteiger partial charge in [-0.1, -0.05) is 72.8 Å². The molecule has 30 nitrogen and oxygen atoms in total. The number of amides is 8. The molecular formula is C104H130F4N16O14. The largest absolute Gasteiger partial charge is 0.447 e. The lowest BCUT2D eigenvalue weighted by Gasteiger charge is -2.46. The van der Waals surface area contributed by atoms with Gasteiger partial charge in [0, 0.05) is 150 Å². The molecule has 0 saturated carbocycles. The Morgan fingerprint density at radius 1 is 0.348 bits per heavy atom. The van der Waals surface area contributed by atoms with Crippen molar-refractivity contribution in [3.05, 3.63) is 188 Å². The molecule has 0 radical (unpaired) electrons. The van der Waals surface area contributed by atoms with Crippen LogP contribution < -0.4 is 19.6 Å². The van der Waals surface area contributed by atoms with Crippen LogP contribution in [-0.2, 0) is 168 Å². The summed E-state index contributed by atoms with van der Waals surface area (Å²) >= 11 is 0. The Labute approximate surface area is 803 Å². The van der Waals surface area contributed by atoms with Crippen LogP contribution in [0.25, 0.3) is 0 Å². The number of halogens is 4. The summed E-state index contributed by atoms with van der Waals surface area (Å²) in [6.07, 6.45) is 13.6. The Balaban J connectivity index is 0.000000127. The van der Waals surface area contributed by atoms with Crippen LogP contribution in [0.5, 0.6) is 0 Å². The lowest BCUT2D eigenvalue weighted by molar-refractivity contribution is -0.129. The quantitative estimate of drug-likeness (QED) is 0.0206. The zero-order valence-corrected chi connectivity index (χ0v) is 80.7. The summed E-state index contributed by atoms with van der Waals surface area (Å²) in [7, 11) is 0. The van der Waals surface area contributed by atoms with Crippen LogP contribution in [0, 0.1) is 0 Å². The normalized spacial score (nSPS) is 18.3. The molecule has 4 spiro atoms. The van der Waals surface area contributed by atoms with Crippen LogP contribution in [-0.4, -0.2) is 213 Å². The summed E-state index contributed by atoms with van der Waals surface area (Å²) in [6, 6.07) is 31.2. The summed E-state index contributed by atoms with van der Waals surface area (Å²) in [6.45, 7) is 21.0. The molecule has 8 aromatic rings. The summed E-state index contributed by atoms with van der Waals surface area (Å²) in [5.74, 6) is 3.25. The molecule has 138 heavy (non-hydrogen) atoms. The number of likely N-dealkylation sites (tertiary alicyclic amines) is 4. The minimum atomic E-state index is -2.33. The number of unbranched alkanes of at least 4 members (excludes halogenated alkanes) is 2. The van der Waals surface area contributed by atoms with Crippen LogP contribution in [0.15, 0.2) is 97.1 Å². The van der Waals surface area contributed by atoms with E-state index in [0.717, 1.165) is 244 Å². The minimum Gasteiger partial charge on any atom is -0.447 e. The number of aliphatic hydroxyl groups is 1. The molecule has 12 heterocycles. The van der Waals surface area contributed by atoms with Gasteiger partial charge < -0.3 is 86.3 Å². The lowest BCUT2D eigenvalue weighted by atomic mass is 9.75. The number of para-hydroxylation sites is 4. The number of benzene rings is 4. The van der Waals surface area contributed by atoms with Gasteiger partial charge in [0.1, 0.15) is 51.2 Å². The zero-order valence-electron chi connectivity index (χ0n) is 80.7. The molecule has 738 valence electrons. The second-order valence-electron chi connectivity index (χ2n) is 40.0. The third kappa shape index (κ3) is 19.0. The van der Waals surface area contributed by atoms with Gasteiger partial charge in [0.15, 0.2) is 0 Å². The molecule has 4 aromatic carbocycles. The predicted octanol–water partition coefficient (Wildman–Crippen LogP) is 15.5. The summed E-state index contributed by atoms with van der Waals surface area (Å²) < 4.78 is 81.3. The number of hydrogen-bond acceptors (Lipinski definition) is 18. The molecule has 8 aliphatic heterocycles. The van der Waals surface area contributed by atoms with Crippen molar-refractivity contribution in [1.29, 1.82) is 0 Å². The second-order valence-corrected chi connectivity index (χ2v) is 40.0. The fraction of sp³-hybridized carbons (Fsp3) is 0.567. The van der Waals surface area contributed by atoms with Gasteiger partial charge in [0.25, 0.3) is 0 Å². The van der Waals surface area contributed by atoms with Gasteiger partial charge in [-0.15, -0.1) is 0 Å². The van der Waals surface area contributed by atoms with Crippen LogP contribution in [0.1, 0.15) is 249 Å². The Morgan fingerprint density at radius 2 is 0.580 bits per heavy atom. The van der Waals surface area contributed by atoms with Crippen molar-refractivity contribution in [2.75, 3.05) is 78.6 Å². The number of rotatable bonds is 28. The first-order valence-electron chi connectivity index (χ1n) is 49.9. The van der Waals surface area contributed by atoms with Crippen LogP contribution in [0.4, 0.5) is 59.5 Å². The van der Waals surface area contributed by atoms with E-state index in [4.69, 9.17) is 38.9 Å². The van der Waals surface area contributed by atoms with Crippen molar-refractivity contribution in [3.63, 3.8) is 0 Å². The molecule has 0 bridgehead atoms. The fourth-order valence-electron chi connectivity index (χ4n) is 22.5. The number of carbonyl (C=O) groups is 9. The number of imidazole rings is 4. The smallest absolute Gasteiger partial charge is 0.410 e.